The molecule has 1 atom stereocenters. The van der Waals surface area contributed by atoms with E-state index >= 15 is 0 Å². The van der Waals surface area contributed by atoms with Gasteiger partial charge in [0.05, 0.1) is 0 Å². The molecule has 18 heavy (non-hydrogen) atoms. The Kier molecular flexibility index (Phi) is 4.10. The minimum absolute atomic E-state index is 0.219. The number of imide groups is 1. The minimum atomic E-state index is -0.486. The predicted octanol–water partition coefficient (Wildman–Crippen LogP) is 1.85. The lowest BCUT2D eigenvalue weighted by Gasteiger charge is -2.21. The van der Waals surface area contributed by atoms with Gasteiger partial charge in [0.2, 0.25) is 0 Å². The Bertz CT molecular complexity index is 430. The summed E-state index contributed by atoms with van der Waals surface area (Å²) in [6.45, 7) is 0.479. The molecule has 2 rings (SSSR count). The first kappa shape index (κ1) is 12.8. The van der Waals surface area contributed by atoms with Gasteiger partial charge in [0, 0.05) is 19.2 Å². The number of methoxy groups -OCH3 is 1. The molecule has 4 heteroatoms. The van der Waals surface area contributed by atoms with Gasteiger partial charge < -0.3 is 4.74 Å². The maximum atomic E-state index is 12.3. The molecule has 1 fully saturated rings. The molecule has 1 aromatic rings. The Morgan fingerprint density at radius 3 is 2.67 bits per heavy atom. The van der Waals surface area contributed by atoms with E-state index in [1.54, 1.807) is 24.3 Å². The molecule has 96 valence electrons. The van der Waals surface area contributed by atoms with Crippen molar-refractivity contribution in [3.63, 3.8) is 0 Å². The second kappa shape index (κ2) is 5.78. The lowest BCUT2D eigenvalue weighted by molar-refractivity contribution is -0.138. The lowest BCUT2D eigenvalue weighted by Crippen LogP contribution is -2.42. The van der Waals surface area contributed by atoms with Crippen molar-refractivity contribution in [1.29, 1.82) is 0 Å². The van der Waals surface area contributed by atoms with Crippen LogP contribution in [0.15, 0.2) is 30.3 Å². The SMILES string of the molecule is COC1CCCCN(C(=O)c2ccccc2)C1=O. The highest BCUT2D eigenvalue weighted by Crippen LogP contribution is 2.17. The molecular weight excluding hydrogens is 230 g/mol. The minimum Gasteiger partial charge on any atom is -0.372 e. The molecule has 0 aromatic heterocycles. The largest absolute Gasteiger partial charge is 0.372 e. The molecule has 0 radical (unpaired) electrons. The monoisotopic (exact) mass is 247 g/mol. The third-order valence-electron chi connectivity index (χ3n) is 3.19. The molecule has 2 amide bonds. The summed E-state index contributed by atoms with van der Waals surface area (Å²) in [5.74, 6) is -0.451. The van der Waals surface area contributed by atoms with E-state index < -0.39 is 6.10 Å². The van der Waals surface area contributed by atoms with E-state index in [-0.39, 0.29) is 11.8 Å². The third-order valence-corrected chi connectivity index (χ3v) is 3.19. The van der Waals surface area contributed by atoms with Gasteiger partial charge in [-0.15, -0.1) is 0 Å². The normalized spacial score (nSPS) is 20.6. The summed E-state index contributed by atoms with van der Waals surface area (Å²) in [4.78, 5) is 25.8. The molecule has 0 saturated carbocycles. The first-order valence-corrected chi connectivity index (χ1v) is 6.17. The topological polar surface area (TPSA) is 46.6 Å². The van der Waals surface area contributed by atoms with E-state index in [0.29, 0.717) is 18.5 Å². The van der Waals surface area contributed by atoms with Gasteiger partial charge in [-0.2, -0.15) is 0 Å². The van der Waals surface area contributed by atoms with E-state index in [9.17, 15) is 9.59 Å². The number of hydrogen-bond acceptors (Lipinski definition) is 3. The molecule has 4 nitrogen and oxygen atoms in total. The van der Waals surface area contributed by atoms with Crippen LogP contribution in [-0.4, -0.2) is 36.5 Å². The summed E-state index contributed by atoms with van der Waals surface area (Å²) < 4.78 is 5.16. The molecular formula is C14H17NO3. The number of ether oxygens (including phenoxy) is 1. The highest BCUT2D eigenvalue weighted by Gasteiger charge is 2.31. The average Bonchev–Trinajstić information content (AvgIpc) is 2.60. The average molecular weight is 247 g/mol. The Morgan fingerprint density at radius 2 is 2.00 bits per heavy atom. The van der Waals surface area contributed by atoms with Crippen molar-refractivity contribution in [1.82, 2.24) is 4.90 Å². The van der Waals surface area contributed by atoms with Crippen LogP contribution in [0.1, 0.15) is 29.6 Å². The van der Waals surface area contributed by atoms with Gasteiger partial charge in [-0.25, -0.2) is 0 Å². The van der Waals surface area contributed by atoms with Crippen molar-refractivity contribution < 1.29 is 14.3 Å². The number of amides is 2. The molecule has 1 aliphatic heterocycles. The van der Waals surface area contributed by atoms with Gasteiger partial charge in [-0.05, 0) is 31.4 Å². The van der Waals surface area contributed by atoms with Crippen molar-refractivity contribution in [3.05, 3.63) is 35.9 Å². The van der Waals surface area contributed by atoms with E-state index in [4.69, 9.17) is 4.74 Å². The van der Waals surface area contributed by atoms with Gasteiger partial charge in [-0.3, -0.25) is 14.5 Å². The van der Waals surface area contributed by atoms with Crippen LogP contribution in [-0.2, 0) is 9.53 Å². The van der Waals surface area contributed by atoms with Crippen LogP contribution in [0.25, 0.3) is 0 Å². The summed E-state index contributed by atoms with van der Waals surface area (Å²) in [7, 11) is 1.51. The highest BCUT2D eigenvalue weighted by atomic mass is 16.5. The predicted molar refractivity (Wildman–Crippen MR) is 67.1 cm³/mol. The maximum absolute atomic E-state index is 12.3. The number of hydrogen-bond donors (Lipinski definition) is 0. The van der Waals surface area contributed by atoms with Gasteiger partial charge >= 0.3 is 0 Å². The summed E-state index contributed by atoms with van der Waals surface area (Å²) in [5, 5.41) is 0. The molecule has 0 N–H and O–H groups in total. The number of carbonyl (C=O) groups is 2. The van der Waals surface area contributed by atoms with E-state index in [1.165, 1.54) is 12.0 Å². The number of nitrogens with zero attached hydrogens (tertiary/aromatic N) is 1. The van der Waals surface area contributed by atoms with Crippen LogP contribution in [0, 0.1) is 0 Å². The van der Waals surface area contributed by atoms with Crippen LogP contribution in [0.4, 0.5) is 0 Å². The Labute approximate surface area is 107 Å². The van der Waals surface area contributed by atoms with Crippen LogP contribution in [0.3, 0.4) is 0 Å². The summed E-state index contributed by atoms with van der Waals surface area (Å²) in [5.41, 5.74) is 0.544. The summed E-state index contributed by atoms with van der Waals surface area (Å²) in [6.07, 6.45) is 1.95. The van der Waals surface area contributed by atoms with Crippen molar-refractivity contribution >= 4 is 11.8 Å². The van der Waals surface area contributed by atoms with Crippen molar-refractivity contribution in [2.45, 2.75) is 25.4 Å². The van der Waals surface area contributed by atoms with Crippen molar-refractivity contribution in [2.75, 3.05) is 13.7 Å². The summed E-state index contributed by atoms with van der Waals surface area (Å²) in [6, 6.07) is 8.89. The second-order valence-electron chi connectivity index (χ2n) is 4.38. The first-order chi connectivity index (χ1) is 8.74. The molecule has 0 aliphatic carbocycles. The standard InChI is InChI=1S/C14H17NO3/c1-18-12-9-5-6-10-15(14(12)17)13(16)11-7-3-2-4-8-11/h2-4,7-8,12H,5-6,9-10H2,1H3. The number of likely N-dealkylation sites (tertiary alicyclic amines) is 1. The molecule has 1 heterocycles. The quantitative estimate of drug-likeness (QED) is 0.749. The zero-order chi connectivity index (χ0) is 13.0. The van der Waals surface area contributed by atoms with Crippen molar-refractivity contribution in [2.24, 2.45) is 0 Å². The highest BCUT2D eigenvalue weighted by molar-refractivity contribution is 6.05. The van der Waals surface area contributed by atoms with Gasteiger partial charge in [0.25, 0.3) is 11.8 Å². The zero-order valence-electron chi connectivity index (χ0n) is 10.5. The smallest absolute Gasteiger partial charge is 0.260 e. The number of benzene rings is 1. The van der Waals surface area contributed by atoms with E-state index in [1.807, 2.05) is 6.07 Å². The summed E-state index contributed by atoms with van der Waals surface area (Å²) >= 11 is 0. The Balaban J connectivity index is 2.20. The molecule has 0 bridgehead atoms. The zero-order valence-corrected chi connectivity index (χ0v) is 10.5. The Hall–Kier alpha value is -1.68. The number of rotatable bonds is 2. The molecule has 1 aromatic carbocycles. The van der Waals surface area contributed by atoms with E-state index in [2.05, 4.69) is 0 Å². The van der Waals surface area contributed by atoms with Crippen molar-refractivity contribution in [3.8, 4) is 0 Å². The molecule has 0 spiro atoms. The number of carbonyl (C=O) groups excluding carboxylic acids is 2. The second-order valence-corrected chi connectivity index (χ2v) is 4.38. The fourth-order valence-electron chi connectivity index (χ4n) is 2.16. The van der Waals surface area contributed by atoms with Gasteiger partial charge in [-0.1, -0.05) is 18.2 Å². The Morgan fingerprint density at radius 1 is 1.28 bits per heavy atom. The van der Waals surface area contributed by atoms with E-state index in [0.717, 1.165) is 12.8 Å². The van der Waals surface area contributed by atoms with Gasteiger partial charge in [0.15, 0.2) is 0 Å². The fourth-order valence-corrected chi connectivity index (χ4v) is 2.16. The third kappa shape index (κ3) is 2.59. The lowest BCUT2D eigenvalue weighted by atomic mass is 10.1. The first-order valence-electron chi connectivity index (χ1n) is 6.17. The van der Waals surface area contributed by atoms with Crippen LogP contribution >= 0.6 is 0 Å². The van der Waals surface area contributed by atoms with Gasteiger partial charge in [0.1, 0.15) is 6.10 Å². The fraction of sp³-hybridized carbons (Fsp3) is 0.429. The van der Waals surface area contributed by atoms with Crippen LogP contribution in [0.5, 0.6) is 0 Å². The van der Waals surface area contributed by atoms with Crippen LogP contribution < -0.4 is 0 Å². The maximum Gasteiger partial charge on any atom is 0.260 e. The molecule has 1 aliphatic rings. The van der Waals surface area contributed by atoms with Crippen LogP contribution in [0.2, 0.25) is 0 Å². The molecule has 1 saturated heterocycles. The molecule has 1 unspecified atom stereocenters.